The van der Waals surface area contributed by atoms with E-state index >= 15 is 0 Å². The monoisotopic (exact) mass is 257 g/mol. The normalized spacial score (nSPS) is 15.3. The molecule has 2 unspecified atom stereocenters. The molecule has 0 radical (unpaired) electrons. The molecule has 1 aromatic carbocycles. The van der Waals surface area contributed by atoms with Crippen LogP contribution in [-0.2, 0) is 0 Å². The first-order chi connectivity index (χ1) is 8.27. The third-order valence-corrected chi connectivity index (χ3v) is 2.88. The van der Waals surface area contributed by atoms with Gasteiger partial charge in [-0.2, -0.15) is 4.39 Å². The van der Waals surface area contributed by atoms with Gasteiger partial charge in [0.15, 0.2) is 11.6 Å². The molecule has 0 saturated heterocycles. The number of ether oxygens (including phenoxy) is 1. The molecule has 0 amide bonds. The molecule has 0 aliphatic rings. The van der Waals surface area contributed by atoms with Crippen molar-refractivity contribution in [2.24, 2.45) is 11.1 Å². The molecule has 0 fully saturated rings. The summed E-state index contributed by atoms with van der Waals surface area (Å²) in [5.74, 6) is -1.96. The van der Waals surface area contributed by atoms with Crippen molar-refractivity contribution in [2.75, 3.05) is 0 Å². The average molecular weight is 257 g/mol. The van der Waals surface area contributed by atoms with Crippen LogP contribution < -0.4 is 10.5 Å². The highest BCUT2D eigenvalue weighted by molar-refractivity contribution is 5.25. The molecule has 0 bridgehead atoms. The van der Waals surface area contributed by atoms with Gasteiger partial charge in [0.25, 0.3) is 0 Å². The zero-order chi connectivity index (χ0) is 13.9. The van der Waals surface area contributed by atoms with E-state index < -0.39 is 11.6 Å². The molecule has 0 spiro atoms. The van der Waals surface area contributed by atoms with Gasteiger partial charge in [-0.1, -0.05) is 33.8 Å². The summed E-state index contributed by atoms with van der Waals surface area (Å²) >= 11 is 0. The Morgan fingerprint density at radius 1 is 1.28 bits per heavy atom. The second kappa shape index (κ2) is 5.65. The molecule has 0 saturated carbocycles. The van der Waals surface area contributed by atoms with Gasteiger partial charge in [0.05, 0.1) is 0 Å². The van der Waals surface area contributed by atoms with Crippen molar-refractivity contribution < 1.29 is 13.5 Å². The molecule has 102 valence electrons. The van der Waals surface area contributed by atoms with E-state index in [9.17, 15) is 8.78 Å². The summed E-state index contributed by atoms with van der Waals surface area (Å²) in [4.78, 5) is 0. The minimum absolute atomic E-state index is 0.0844. The molecular weight excluding hydrogens is 236 g/mol. The lowest BCUT2D eigenvalue weighted by Crippen LogP contribution is -2.47. The highest BCUT2D eigenvalue weighted by Crippen LogP contribution is 2.29. The van der Waals surface area contributed by atoms with Crippen molar-refractivity contribution in [2.45, 2.75) is 46.3 Å². The van der Waals surface area contributed by atoms with E-state index in [-0.39, 0.29) is 23.3 Å². The van der Waals surface area contributed by atoms with Gasteiger partial charge in [0.2, 0.25) is 5.82 Å². The lowest BCUT2D eigenvalue weighted by Gasteiger charge is -2.35. The fourth-order valence-electron chi connectivity index (χ4n) is 1.83. The van der Waals surface area contributed by atoms with Crippen LogP contribution in [0.25, 0.3) is 0 Å². The molecule has 2 N–H and O–H groups in total. The molecule has 2 nitrogen and oxygen atoms in total. The zero-order valence-electron chi connectivity index (χ0n) is 11.3. The van der Waals surface area contributed by atoms with Crippen LogP contribution in [0.5, 0.6) is 5.75 Å². The highest BCUT2D eigenvalue weighted by Gasteiger charge is 2.32. The van der Waals surface area contributed by atoms with E-state index in [1.54, 1.807) is 0 Å². The van der Waals surface area contributed by atoms with Crippen LogP contribution in [-0.4, -0.2) is 12.1 Å². The first kappa shape index (κ1) is 14.9. The second-order valence-corrected chi connectivity index (χ2v) is 5.53. The van der Waals surface area contributed by atoms with Crippen molar-refractivity contribution >= 4 is 0 Å². The molecule has 0 aliphatic heterocycles. The van der Waals surface area contributed by atoms with Crippen molar-refractivity contribution in [3.05, 3.63) is 29.8 Å². The number of benzene rings is 1. The molecule has 4 heteroatoms. The van der Waals surface area contributed by atoms with Gasteiger partial charge < -0.3 is 10.5 Å². The lowest BCUT2D eigenvalue weighted by atomic mass is 9.84. The van der Waals surface area contributed by atoms with Crippen LogP contribution >= 0.6 is 0 Å². The molecule has 2 atom stereocenters. The van der Waals surface area contributed by atoms with E-state index in [0.29, 0.717) is 6.42 Å². The smallest absolute Gasteiger partial charge is 0.200 e. The van der Waals surface area contributed by atoms with Crippen molar-refractivity contribution in [1.82, 2.24) is 0 Å². The average Bonchev–Trinajstić information content (AvgIpc) is 2.28. The summed E-state index contributed by atoms with van der Waals surface area (Å²) in [5, 5.41) is 0. The first-order valence-electron chi connectivity index (χ1n) is 6.13. The van der Waals surface area contributed by atoms with Crippen LogP contribution in [0.1, 0.15) is 34.1 Å². The predicted molar refractivity (Wildman–Crippen MR) is 68.5 cm³/mol. The van der Waals surface area contributed by atoms with Crippen LogP contribution in [0.3, 0.4) is 0 Å². The Kier molecular flexibility index (Phi) is 4.68. The van der Waals surface area contributed by atoms with Crippen molar-refractivity contribution in [3.63, 3.8) is 0 Å². The van der Waals surface area contributed by atoms with Crippen molar-refractivity contribution in [3.8, 4) is 5.75 Å². The summed E-state index contributed by atoms with van der Waals surface area (Å²) in [6, 6.07) is 3.67. The van der Waals surface area contributed by atoms with E-state index in [4.69, 9.17) is 10.5 Å². The summed E-state index contributed by atoms with van der Waals surface area (Å²) in [6.45, 7) is 7.83. The molecule has 0 aliphatic carbocycles. The number of nitrogens with two attached hydrogens (primary N) is 1. The van der Waals surface area contributed by atoms with Gasteiger partial charge in [0, 0.05) is 11.5 Å². The van der Waals surface area contributed by atoms with Crippen LogP contribution in [0.15, 0.2) is 18.2 Å². The standard InChI is InChI=1S/C14H21F2NO/c1-5-10(17)13(14(2,3)4)18-11-8-6-7-9(15)12(11)16/h6-8,10,13H,5,17H2,1-4H3. The number of hydrogen-bond acceptors (Lipinski definition) is 2. The molecule has 0 heterocycles. The molecule has 1 rings (SSSR count). The maximum absolute atomic E-state index is 13.6. The van der Waals surface area contributed by atoms with Crippen LogP contribution in [0, 0.1) is 17.0 Å². The summed E-state index contributed by atoms with van der Waals surface area (Å²) in [6.07, 6.45) is 0.331. The van der Waals surface area contributed by atoms with E-state index in [1.807, 2.05) is 27.7 Å². The SMILES string of the molecule is CCC(N)C(Oc1cccc(F)c1F)C(C)(C)C. The maximum atomic E-state index is 13.6. The van der Waals surface area contributed by atoms with Gasteiger partial charge in [0.1, 0.15) is 6.10 Å². The van der Waals surface area contributed by atoms with Gasteiger partial charge in [-0.15, -0.1) is 0 Å². The predicted octanol–water partition coefficient (Wildman–Crippen LogP) is 3.50. The quantitative estimate of drug-likeness (QED) is 0.896. The van der Waals surface area contributed by atoms with Gasteiger partial charge in [-0.25, -0.2) is 4.39 Å². The minimum atomic E-state index is -0.963. The Balaban J connectivity index is 3.00. The van der Waals surface area contributed by atoms with Gasteiger partial charge in [-0.05, 0) is 18.6 Å². The third kappa shape index (κ3) is 3.42. The van der Waals surface area contributed by atoms with Gasteiger partial charge in [-0.3, -0.25) is 0 Å². The summed E-state index contributed by atoms with van der Waals surface area (Å²) in [5.41, 5.74) is 5.74. The molecule has 1 aromatic rings. The zero-order valence-corrected chi connectivity index (χ0v) is 11.3. The number of hydrogen-bond donors (Lipinski definition) is 1. The molecule has 18 heavy (non-hydrogen) atoms. The highest BCUT2D eigenvalue weighted by atomic mass is 19.2. The second-order valence-electron chi connectivity index (χ2n) is 5.53. The van der Waals surface area contributed by atoms with E-state index in [2.05, 4.69) is 0 Å². The molecular formula is C14H21F2NO. The largest absolute Gasteiger partial charge is 0.485 e. The Morgan fingerprint density at radius 3 is 2.39 bits per heavy atom. The Labute approximate surface area is 107 Å². The van der Waals surface area contributed by atoms with Crippen molar-refractivity contribution in [1.29, 1.82) is 0 Å². The number of halogens is 2. The third-order valence-electron chi connectivity index (χ3n) is 2.88. The van der Waals surface area contributed by atoms with E-state index in [1.165, 1.54) is 12.1 Å². The Morgan fingerprint density at radius 2 is 1.89 bits per heavy atom. The van der Waals surface area contributed by atoms with Crippen LogP contribution in [0.4, 0.5) is 8.78 Å². The summed E-state index contributed by atoms with van der Waals surface area (Å²) < 4.78 is 32.3. The number of rotatable bonds is 4. The lowest BCUT2D eigenvalue weighted by molar-refractivity contribution is 0.0579. The minimum Gasteiger partial charge on any atom is -0.485 e. The van der Waals surface area contributed by atoms with E-state index in [0.717, 1.165) is 6.07 Å². The topological polar surface area (TPSA) is 35.2 Å². The molecule has 0 aromatic heterocycles. The fourth-order valence-corrected chi connectivity index (χ4v) is 1.83. The Bertz CT molecular complexity index is 401. The van der Waals surface area contributed by atoms with Crippen LogP contribution in [0.2, 0.25) is 0 Å². The maximum Gasteiger partial charge on any atom is 0.200 e. The summed E-state index contributed by atoms with van der Waals surface area (Å²) in [7, 11) is 0. The fraction of sp³-hybridized carbons (Fsp3) is 0.571. The Hall–Kier alpha value is -1.16. The first-order valence-corrected chi connectivity index (χ1v) is 6.13. The van der Waals surface area contributed by atoms with Gasteiger partial charge >= 0.3 is 0 Å².